The van der Waals surface area contributed by atoms with Gasteiger partial charge in [-0.2, -0.15) is 0 Å². The van der Waals surface area contributed by atoms with Gasteiger partial charge in [0.25, 0.3) is 5.69 Å². The second-order valence-corrected chi connectivity index (χ2v) is 5.09. The molecule has 0 spiro atoms. The first kappa shape index (κ1) is 14.9. The Hall–Kier alpha value is -2.47. The Kier molecular flexibility index (Phi) is 4.49. The average molecular weight is 301 g/mol. The maximum absolute atomic E-state index is 10.6. The van der Waals surface area contributed by atoms with Gasteiger partial charge in [0.05, 0.1) is 4.92 Å². The van der Waals surface area contributed by atoms with Crippen molar-refractivity contribution in [1.29, 1.82) is 0 Å². The van der Waals surface area contributed by atoms with Crippen LogP contribution >= 0.6 is 12.2 Å². The van der Waals surface area contributed by atoms with E-state index in [1.54, 1.807) is 12.1 Å². The van der Waals surface area contributed by atoms with Crippen LogP contribution in [0.1, 0.15) is 11.1 Å². The Labute approximate surface area is 128 Å². The number of nitro groups is 1. The van der Waals surface area contributed by atoms with E-state index < -0.39 is 4.92 Å². The summed E-state index contributed by atoms with van der Waals surface area (Å²) in [6, 6.07) is 12.1. The minimum atomic E-state index is -0.435. The second-order valence-electron chi connectivity index (χ2n) is 4.68. The fraction of sp³-hybridized carbons (Fsp3) is 0.133. The minimum Gasteiger partial charge on any atom is -0.332 e. The van der Waals surface area contributed by atoms with E-state index in [0.717, 1.165) is 5.69 Å². The van der Waals surface area contributed by atoms with Crippen molar-refractivity contribution in [1.82, 2.24) is 0 Å². The van der Waals surface area contributed by atoms with Gasteiger partial charge in [-0.3, -0.25) is 10.1 Å². The number of rotatable bonds is 3. The molecule has 2 aromatic rings. The van der Waals surface area contributed by atoms with Crippen molar-refractivity contribution < 1.29 is 4.92 Å². The summed E-state index contributed by atoms with van der Waals surface area (Å²) in [6.07, 6.45) is 0. The molecule has 0 fully saturated rings. The fourth-order valence-electron chi connectivity index (χ4n) is 1.78. The molecule has 6 heteroatoms. The van der Waals surface area contributed by atoms with Crippen LogP contribution in [0.5, 0.6) is 0 Å². The van der Waals surface area contributed by atoms with Crippen LogP contribution in [0.2, 0.25) is 0 Å². The van der Waals surface area contributed by atoms with Crippen LogP contribution in [-0.2, 0) is 0 Å². The quantitative estimate of drug-likeness (QED) is 0.509. The summed E-state index contributed by atoms with van der Waals surface area (Å²) in [5, 5.41) is 17.1. The van der Waals surface area contributed by atoms with Gasteiger partial charge in [0.1, 0.15) is 0 Å². The summed E-state index contributed by atoms with van der Waals surface area (Å²) in [5.74, 6) is 0. The van der Waals surface area contributed by atoms with E-state index in [4.69, 9.17) is 12.2 Å². The van der Waals surface area contributed by atoms with Crippen molar-refractivity contribution in [2.75, 3.05) is 10.6 Å². The van der Waals surface area contributed by atoms with Crippen LogP contribution in [0.4, 0.5) is 17.1 Å². The number of benzene rings is 2. The summed E-state index contributed by atoms with van der Waals surface area (Å²) in [7, 11) is 0. The summed E-state index contributed by atoms with van der Waals surface area (Å²) in [6.45, 7) is 4.08. The first-order valence-electron chi connectivity index (χ1n) is 6.35. The van der Waals surface area contributed by atoms with Crippen molar-refractivity contribution in [2.45, 2.75) is 13.8 Å². The van der Waals surface area contributed by atoms with E-state index in [0.29, 0.717) is 10.8 Å². The molecule has 0 radical (unpaired) electrons. The zero-order valence-electron chi connectivity index (χ0n) is 11.7. The van der Waals surface area contributed by atoms with Crippen LogP contribution in [-0.4, -0.2) is 10.0 Å². The molecule has 2 rings (SSSR count). The molecule has 5 nitrogen and oxygen atoms in total. The Bertz CT molecular complexity index is 684. The highest BCUT2D eigenvalue weighted by atomic mass is 32.1. The number of aryl methyl sites for hydroxylation is 2. The summed E-state index contributed by atoms with van der Waals surface area (Å²) in [4.78, 5) is 10.1. The normalized spacial score (nSPS) is 10.0. The number of thiocarbonyl (C=S) groups is 1. The van der Waals surface area contributed by atoms with E-state index in [2.05, 4.69) is 10.6 Å². The third-order valence-electron chi connectivity index (χ3n) is 3.10. The lowest BCUT2D eigenvalue weighted by molar-refractivity contribution is -0.384. The van der Waals surface area contributed by atoms with Gasteiger partial charge < -0.3 is 10.6 Å². The summed E-state index contributed by atoms with van der Waals surface area (Å²) >= 11 is 5.22. The molecule has 0 bridgehead atoms. The van der Waals surface area contributed by atoms with Crippen molar-refractivity contribution in [3.05, 3.63) is 63.7 Å². The van der Waals surface area contributed by atoms with Crippen LogP contribution < -0.4 is 10.6 Å². The van der Waals surface area contributed by atoms with Crippen molar-refractivity contribution in [2.24, 2.45) is 0 Å². The average Bonchev–Trinajstić information content (AvgIpc) is 2.43. The van der Waals surface area contributed by atoms with Gasteiger partial charge in [-0.1, -0.05) is 6.07 Å². The van der Waals surface area contributed by atoms with Gasteiger partial charge in [-0.15, -0.1) is 0 Å². The third kappa shape index (κ3) is 4.00. The number of anilines is 2. The summed E-state index contributed by atoms with van der Waals surface area (Å²) in [5.41, 5.74) is 4.04. The van der Waals surface area contributed by atoms with E-state index in [1.165, 1.54) is 23.3 Å². The van der Waals surface area contributed by atoms with Gasteiger partial charge in [-0.25, -0.2) is 0 Å². The van der Waals surface area contributed by atoms with Gasteiger partial charge in [0.2, 0.25) is 0 Å². The van der Waals surface area contributed by atoms with Gasteiger partial charge in [0.15, 0.2) is 5.11 Å². The Balaban J connectivity index is 2.01. The zero-order chi connectivity index (χ0) is 15.4. The smallest absolute Gasteiger partial charge is 0.269 e. The highest BCUT2D eigenvalue weighted by Crippen LogP contribution is 2.17. The van der Waals surface area contributed by atoms with E-state index in [-0.39, 0.29) is 5.69 Å². The lowest BCUT2D eigenvalue weighted by Gasteiger charge is -2.11. The Morgan fingerprint density at radius 2 is 1.57 bits per heavy atom. The monoisotopic (exact) mass is 301 g/mol. The minimum absolute atomic E-state index is 0.0496. The number of nitro benzene ring substituents is 1. The molecule has 2 N–H and O–H groups in total. The number of non-ortho nitro benzene ring substituents is 1. The van der Waals surface area contributed by atoms with E-state index in [1.807, 2.05) is 32.0 Å². The topological polar surface area (TPSA) is 67.2 Å². The molecular weight excluding hydrogens is 286 g/mol. The largest absolute Gasteiger partial charge is 0.332 e. The highest BCUT2D eigenvalue weighted by molar-refractivity contribution is 7.80. The SMILES string of the molecule is Cc1ccc(NC(=S)Nc2ccc([N+](=O)[O-])cc2)cc1C. The van der Waals surface area contributed by atoms with Crippen LogP contribution in [0.25, 0.3) is 0 Å². The fourth-order valence-corrected chi connectivity index (χ4v) is 2.01. The number of nitrogens with one attached hydrogen (secondary N) is 2. The molecule has 0 amide bonds. The first-order chi connectivity index (χ1) is 9.95. The van der Waals surface area contributed by atoms with E-state index >= 15 is 0 Å². The number of nitrogens with zero attached hydrogens (tertiary/aromatic N) is 1. The van der Waals surface area contributed by atoms with Crippen LogP contribution in [0.15, 0.2) is 42.5 Å². The van der Waals surface area contributed by atoms with Crippen molar-refractivity contribution >= 4 is 34.4 Å². The molecule has 0 aliphatic rings. The molecule has 108 valence electrons. The molecule has 21 heavy (non-hydrogen) atoms. The number of hydrogen-bond acceptors (Lipinski definition) is 3. The van der Waals surface area contributed by atoms with Crippen molar-refractivity contribution in [3.8, 4) is 0 Å². The zero-order valence-corrected chi connectivity index (χ0v) is 12.5. The Morgan fingerprint density at radius 3 is 2.14 bits per heavy atom. The molecule has 0 atom stereocenters. The maximum Gasteiger partial charge on any atom is 0.269 e. The summed E-state index contributed by atoms with van der Waals surface area (Å²) < 4.78 is 0. The molecule has 0 unspecified atom stereocenters. The van der Waals surface area contributed by atoms with Crippen molar-refractivity contribution in [3.63, 3.8) is 0 Å². The molecular formula is C15H15N3O2S. The van der Waals surface area contributed by atoms with Gasteiger partial charge >= 0.3 is 0 Å². The number of hydrogen-bond donors (Lipinski definition) is 2. The molecule has 0 heterocycles. The predicted molar refractivity (Wildman–Crippen MR) is 88.9 cm³/mol. The molecule has 0 aliphatic carbocycles. The predicted octanol–water partition coefficient (Wildman–Crippen LogP) is 4.02. The third-order valence-corrected chi connectivity index (χ3v) is 3.30. The lowest BCUT2D eigenvalue weighted by Crippen LogP contribution is -2.19. The molecule has 0 aliphatic heterocycles. The standard InChI is InChI=1S/C15H15N3O2S/c1-10-3-4-13(9-11(10)2)17-15(21)16-12-5-7-14(8-6-12)18(19)20/h3-9H,1-2H3,(H2,16,17,21). The van der Waals surface area contributed by atoms with Gasteiger partial charge in [0, 0.05) is 23.5 Å². The first-order valence-corrected chi connectivity index (χ1v) is 6.76. The molecule has 0 saturated heterocycles. The molecule has 0 saturated carbocycles. The molecule has 0 aromatic heterocycles. The van der Waals surface area contributed by atoms with Gasteiger partial charge in [-0.05, 0) is 61.5 Å². The second kappa shape index (κ2) is 6.32. The van der Waals surface area contributed by atoms with E-state index in [9.17, 15) is 10.1 Å². The van der Waals surface area contributed by atoms with Crippen LogP contribution in [0, 0.1) is 24.0 Å². The van der Waals surface area contributed by atoms with Crippen LogP contribution in [0.3, 0.4) is 0 Å². The highest BCUT2D eigenvalue weighted by Gasteiger charge is 2.05. The molecule has 2 aromatic carbocycles. The Morgan fingerprint density at radius 1 is 1.00 bits per heavy atom. The lowest BCUT2D eigenvalue weighted by atomic mass is 10.1. The maximum atomic E-state index is 10.6.